The fourth-order valence-corrected chi connectivity index (χ4v) is 2.32. The highest BCUT2D eigenvalue weighted by molar-refractivity contribution is 5.95. The van der Waals surface area contributed by atoms with Gasteiger partial charge < -0.3 is 10.0 Å². The van der Waals surface area contributed by atoms with E-state index < -0.39 is 5.97 Å². The Balaban J connectivity index is 2.14. The number of aliphatic carboxylic acids is 1. The molecule has 0 spiro atoms. The van der Waals surface area contributed by atoms with Gasteiger partial charge in [0.25, 0.3) is 0 Å². The third-order valence-corrected chi connectivity index (χ3v) is 3.57. The molecule has 102 valence electrons. The smallest absolute Gasteiger partial charge is 0.303 e. The van der Waals surface area contributed by atoms with E-state index in [4.69, 9.17) is 5.11 Å². The number of hydrogen-bond donors (Lipinski definition) is 1. The zero-order chi connectivity index (χ0) is 13.8. The molecule has 0 bridgehead atoms. The molecule has 1 N–H and O–H groups in total. The highest BCUT2D eigenvalue weighted by Crippen LogP contribution is 2.37. The Morgan fingerprint density at radius 2 is 1.89 bits per heavy atom. The fourth-order valence-electron chi connectivity index (χ4n) is 2.32. The molecule has 2 rings (SSSR count). The van der Waals surface area contributed by atoms with Crippen LogP contribution in [0.4, 0.5) is 5.69 Å². The fraction of sp³-hybridized carbons (Fsp3) is 0.467. The number of anilines is 1. The Labute approximate surface area is 113 Å². The second kappa shape index (κ2) is 5.87. The van der Waals surface area contributed by atoms with E-state index in [1.165, 1.54) is 0 Å². The third kappa shape index (κ3) is 3.56. The molecule has 0 aromatic heterocycles. The quantitative estimate of drug-likeness (QED) is 0.856. The summed E-state index contributed by atoms with van der Waals surface area (Å²) in [6.07, 6.45) is 2.24. The van der Waals surface area contributed by atoms with Crippen LogP contribution in [-0.4, -0.2) is 23.0 Å². The minimum Gasteiger partial charge on any atom is -0.481 e. The zero-order valence-electron chi connectivity index (χ0n) is 11.1. The molecule has 0 radical (unpaired) electrons. The van der Waals surface area contributed by atoms with E-state index in [9.17, 15) is 9.59 Å². The molecule has 1 aromatic carbocycles. The van der Waals surface area contributed by atoms with Crippen LogP contribution in [0, 0.1) is 5.92 Å². The van der Waals surface area contributed by atoms with Gasteiger partial charge in [0.05, 0.1) is 6.42 Å². The van der Waals surface area contributed by atoms with E-state index in [0.717, 1.165) is 18.5 Å². The number of carbonyl (C=O) groups is 2. The lowest BCUT2D eigenvalue weighted by Gasteiger charge is -2.29. The lowest BCUT2D eigenvalue weighted by molar-refractivity contribution is -0.138. The Morgan fingerprint density at radius 1 is 1.26 bits per heavy atom. The summed E-state index contributed by atoms with van der Waals surface area (Å²) >= 11 is 0. The van der Waals surface area contributed by atoms with Gasteiger partial charge in [-0.05, 0) is 37.8 Å². The van der Waals surface area contributed by atoms with Crippen LogP contribution in [0.2, 0.25) is 0 Å². The summed E-state index contributed by atoms with van der Waals surface area (Å²) in [7, 11) is 0. The molecule has 1 aliphatic carbocycles. The van der Waals surface area contributed by atoms with Crippen molar-refractivity contribution in [3.8, 4) is 0 Å². The Morgan fingerprint density at radius 3 is 2.42 bits per heavy atom. The number of carboxylic acids is 1. The normalized spacial score (nSPS) is 15.8. The third-order valence-electron chi connectivity index (χ3n) is 3.57. The Bertz CT molecular complexity index is 454. The van der Waals surface area contributed by atoms with Crippen LogP contribution in [-0.2, 0) is 9.59 Å². The number of nitrogens with zero attached hydrogens (tertiary/aromatic N) is 1. The summed E-state index contributed by atoms with van der Waals surface area (Å²) in [5.41, 5.74) is 0.859. The van der Waals surface area contributed by atoms with Gasteiger partial charge in [-0.1, -0.05) is 18.2 Å². The molecule has 4 heteroatoms. The summed E-state index contributed by atoms with van der Waals surface area (Å²) in [5, 5.41) is 8.70. The standard InChI is InChI=1S/C15H19NO3/c1-11(12-7-8-12)16(13-5-3-2-4-6-13)14(17)9-10-15(18)19/h2-6,11-12H,7-10H2,1H3,(H,18,19). The molecular weight excluding hydrogens is 242 g/mol. The van der Waals surface area contributed by atoms with Crippen molar-refractivity contribution < 1.29 is 14.7 Å². The maximum atomic E-state index is 12.3. The molecule has 1 fully saturated rings. The van der Waals surface area contributed by atoms with Gasteiger partial charge in [0.2, 0.25) is 5.91 Å². The lowest BCUT2D eigenvalue weighted by Crippen LogP contribution is -2.40. The van der Waals surface area contributed by atoms with Crippen LogP contribution in [0.15, 0.2) is 30.3 Å². The van der Waals surface area contributed by atoms with E-state index >= 15 is 0 Å². The largest absolute Gasteiger partial charge is 0.481 e. The van der Waals surface area contributed by atoms with Crippen molar-refractivity contribution in [2.24, 2.45) is 5.92 Å². The van der Waals surface area contributed by atoms with Crippen LogP contribution in [0.5, 0.6) is 0 Å². The first-order chi connectivity index (χ1) is 9.09. The molecule has 1 amide bonds. The molecule has 19 heavy (non-hydrogen) atoms. The summed E-state index contributed by atoms with van der Waals surface area (Å²) in [6.45, 7) is 2.04. The molecular formula is C15H19NO3. The topological polar surface area (TPSA) is 57.6 Å². The maximum Gasteiger partial charge on any atom is 0.303 e. The summed E-state index contributed by atoms with van der Waals surface area (Å²) in [6, 6.07) is 9.64. The van der Waals surface area contributed by atoms with Crippen molar-refractivity contribution >= 4 is 17.6 Å². The first-order valence-corrected chi connectivity index (χ1v) is 6.68. The lowest BCUT2D eigenvalue weighted by atomic mass is 10.1. The van der Waals surface area contributed by atoms with Gasteiger partial charge in [0, 0.05) is 18.2 Å². The molecule has 1 atom stereocenters. The molecule has 0 saturated heterocycles. The molecule has 1 saturated carbocycles. The molecule has 1 aliphatic rings. The van der Waals surface area contributed by atoms with Crippen molar-refractivity contribution in [2.75, 3.05) is 4.90 Å². The van der Waals surface area contributed by atoms with Crippen LogP contribution in [0.25, 0.3) is 0 Å². The Kier molecular flexibility index (Phi) is 4.20. The van der Waals surface area contributed by atoms with Crippen molar-refractivity contribution in [1.82, 2.24) is 0 Å². The van der Waals surface area contributed by atoms with Gasteiger partial charge in [-0.15, -0.1) is 0 Å². The summed E-state index contributed by atoms with van der Waals surface area (Å²) in [4.78, 5) is 24.7. The molecule has 1 unspecified atom stereocenters. The van der Waals surface area contributed by atoms with E-state index in [1.54, 1.807) is 4.90 Å². The number of hydrogen-bond acceptors (Lipinski definition) is 2. The van der Waals surface area contributed by atoms with Crippen LogP contribution < -0.4 is 4.90 Å². The van der Waals surface area contributed by atoms with Gasteiger partial charge in [-0.25, -0.2) is 0 Å². The second-order valence-corrected chi connectivity index (χ2v) is 5.07. The molecule has 0 heterocycles. The molecule has 4 nitrogen and oxygen atoms in total. The number of rotatable bonds is 6. The zero-order valence-corrected chi connectivity index (χ0v) is 11.1. The van der Waals surface area contributed by atoms with Gasteiger partial charge in [0.15, 0.2) is 0 Å². The van der Waals surface area contributed by atoms with Crippen LogP contribution in [0.3, 0.4) is 0 Å². The maximum absolute atomic E-state index is 12.3. The monoisotopic (exact) mass is 261 g/mol. The number of carboxylic acid groups (broad SMARTS) is 1. The predicted octanol–water partition coefficient (Wildman–Crippen LogP) is 2.68. The highest BCUT2D eigenvalue weighted by atomic mass is 16.4. The van der Waals surface area contributed by atoms with Gasteiger partial charge in [-0.2, -0.15) is 0 Å². The average Bonchev–Trinajstić information content (AvgIpc) is 3.22. The van der Waals surface area contributed by atoms with Crippen molar-refractivity contribution in [1.29, 1.82) is 0 Å². The Hall–Kier alpha value is -1.84. The second-order valence-electron chi connectivity index (χ2n) is 5.07. The van der Waals surface area contributed by atoms with Gasteiger partial charge >= 0.3 is 5.97 Å². The number of amides is 1. The van der Waals surface area contributed by atoms with Crippen LogP contribution >= 0.6 is 0 Å². The SMILES string of the molecule is CC(C1CC1)N(C(=O)CCC(=O)O)c1ccccc1. The van der Waals surface area contributed by atoms with E-state index in [2.05, 4.69) is 0 Å². The van der Waals surface area contributed by atoms with E-state index in [0.29, 0.717) is 5.92 Å². The van der Waals surface area contributed by atoms with E-state index in [-0.39, 0.29) is 24.8 Å². The van der Waals surface area contributed by atoms with Crippen molar-refractivity contribution in [3.63, 3.8) is 0 Å². The summed E-state index contributed by atoms with van der Waals surface area (Å²) < 4.78 is 0. The molecule has 1 aromatic rings. The van der Waals surface area contributed by atoms with Crippen LogP contribution in [0.1, 0.15) is 32.6 Å². The first-order valence-electron chi connectivity index (χ1n) is 6.68. The number of carbonyl (C=O) groups excluding carboxylic acids is 1. The van der Waals surface area contributed by atoms with Crippen molar-refractivity contribution in [2.45, 2.75) is 38.6 Å². The number of benzene rings is 1. The van der Waals surface area contributed by atoms with Gasteiger partial charge in [0.1, 0.15) is 0 Å². The summed E-state index contributed by atoms with van der Waals surface area (Å²) in [5.74, 6) is -0.484. The van der Waals surface area contributed by atoms with Gasteiger partial charge in [-0.3, -0.25) is 9.59 Å². The predicted molar refractivity (Wildman–Crippen MR) is 73.0 cm³/mol. The highest BCUT2D eigenvalue weighted by Gasteiger charge is 2.34. The average molecular weight is 261 g/mol. The van der Waals surface area contributed by atoms with Crippen molar-refractivity contribution in [3.05, 3.63) is 30.3 Å². The van der Waals surface area contributed by atoms with E-state index in [1.807, 2.05) is 37.3 Å². The minimum atomic E-state index is -0.930. The first kappa shape index (κ1) is 13.6. The minimum absolute atomic E-state index is 0.0568. The molecule has 0 aliphatic heterocycles. The number of para-hydroxylation sites is 1.